The monoisotopic (exact) mass is 550 g/mol. The number of amides is 3. The van der Waals surface area contributed by atoms with Crippen molar-refractivity contribution in [3.05, 3.63) is 98.4 Å². The van der Waals surface area contributed by atoms with Gasteiger partial charge in [0.25, 0.3) is 17.1 Å². The van der Waals surface area contributed by atoms with Gasteiger partial charge >= 0.3 is 0 Å². The number of ether oxygens (including phenoxy) is 1. The van der Waals surface area contributed by atoms with Crippen LogP contribution in [-0.2, 0) is 16.1 Å². The Bertz CT molecular complexity index is 1340. The molecule has 3 aromatic carbocycles. The standard InChI is InChI=1S/C27H23BrN2O4S/c1-17-11-12-22(18(2)13-17)29-25(31)16-34-23-10-6-4-7-19(23)14-24-26(32)30(27(33)35-24)15-20-8-3-5-9-21(20)28/h3-14H,15-16H2,1-2H3,(H,29,31)/b24-14-. The van der Waals surface area contributed by atoms with E-state index in [2.05, 4.69) is 21.2 Å². The first-order valence-corrected chi connectivity index (χ1v) is 12.5. The lowest BCUT2D eigenvalue weighted by Gasteiger charge is -2.13. The minimum atomic E-state index is -0.363. The highest BCUT2D eigenvalue weighted by atomic mass is 79.9. The number of hydrogen-bond donors (Lipinski definition) is 1. The van der Waals surface area contributed by atoms with Gasteiger partial charge < -0.3 is 10.1 Å². The Morgan fingerprint density at radius 3 is 2.57 bits per heavy atom. The molecule has 6 nitrogen and oxygen atoms in total. The largest absolute Gasteiger partial charge is 0.483 e. The molecule has 3 aromatic rings. The molecule has 0 saturated carbocycles. The number of aryl methyl sites for hydroxylation is 2. The Kier molecular flexibility index (Phi) is 7.73. The van der Waals surface area contributed by atoms with E-state index in [-0.39, 0.29) is 30.2 Å². The second-order valence-electron chi connectivity index (χ2n) is 8.05. The van der Waals surface area contributed by atoms with E-state index in [0.717, 1.165) is 38.6 Å². The van der Waals surface area contributed by atoms with Gasteiger partial charge in [0.15, 0.2) is 6.61 Å². The molecule has 0 spiro atoms. The van der Waals surface area contributed by atoms with Crippen molar-refractivity contribution in [2.45, 2.75) is 20.4 Å². The Balaban J connectivity index is 1.45. The van der Waals surface area contributed by atoms with Crippen LogP contribution in [0.4, 0.5) is 10.5 Å². The third-order valence-corrected chi connectivity index (χ3v) is 7.06. The number of nitrogens with one attached hydrogen (secondary N) is 1. The fraction of sp³-hybridized carbons (Fsp3) is 0.148. The average Bonchev–Trinajstić information content (AvgIpc) is 3.09. The van der Waals surface area contributed by atoms with Crippen molar-refractivity contribution >= 4 is 56.5 Å². The number of nitrogens with zero attached hydrogens (tertiary/aromatic N) is 1. The molecule has 1 saturated heterocycles. The Morgan fingerprint density at radius 2 is 1.80 bits per heavy atom. The van der Waals surface area contributed by atoms with Crippen LogP contribution < -0.4 is 10.1 Å². The van der Waals surface area contributed by atoms with Crippen LogP contribution in [0.25, 0.3) is 6.08 Å². The second-order valence-corrected chi connectivity index (χ2v) is 9.90. The van der Waals surface area contributed by atoms with Crippen LogP contribution in [0, 0.1) is 13.8 Å². The van der Waals surface area contributed by atoms with Crippen molar-refractivity contribution in [3.8, 4) is 5.75 Å². The van der Waals surface area contributed by atoms with Crippen LogP contribution in [0.5, 0.6) is 5.75 Å². The number of carbonyl (C=O) groups excluding carboxylic acids is 3. The number of thioether (sulfide) groups is 1. The summed E-state index contributed by atoms with van der Waals surface area (Å²) < 4.78 is 6.60. The summed E-state index contributed by atoms with van der Waals surface area (Å²) in [5, 5.41) is 2.52. The van der Waals surface area contributed by atoms with Gasteiger partial charge in [0.2, 0.25) is 0 Å². The molecule has 1 aliphatic rings. The molecular formula is C27H23BrN2O4S. The van der Waals surface area contributed by atoms with E-state index in [1.54, 1.807) is 30.3 Å². The predicted octanol–water partition coefficient (Wildman–Crippen LogP) is 6.32. The van der Waals surface area contributed by atoms with Gasteiger partial charge in [-0.15, -0.1) is 0 Å². The van der Waals surface area contributed by atoms with Gasteiger partial charge in [-0.1, -0.05) is 70.0 Å². The highest BCUT2D eigenvalue weighted by Gasteiger charge is 2.35. The summed E-state index contributed by atoms with van der Waals surface area (Å²) in [6.07, 6.45) is 1.63. The topological polar surface area (TPSA) is 75.7 Å². The van der Waals surface area contributed by atoms with Gasteiger partial charge in [-0.3, -0.25) is 19.3 Å². The number of imide groups is 1. The molecule has 3 amide bonds. The number of carbonyl (C=O) groups is 3. The molecule has 0 unspecified atom stereocenters. The Morgan fingerprint density at radius 1 is 1.06 bits per heavy atom. The van der Waals surface area contributed by atoms with Gasteiger partial charge in [0.05, 0.1) is 11.4 Å². The fourth-order valence-corrected chi connectivity index (χ4v) is 4.83. The van der Waals surface area contributed by atoms with Crippen molar-refractivity contribution in [3.63, 3.8) is 0 Å². The molecule has 4 rings (SSSR count). The molecule has 178 valence electrons. The fourth-order valence-electron chi connectivity index (χ4n) is 3.59. The smallest absolute Gasteiger partial charge is 0.293 e. The molecular weight excluding hydrogens is 528 g/mol. The molecule has 8 heteroatoms. The molecule has 1 N–H and O–H groups in total. The van der Waals surface area contributed by atoms with Crippen LogP contribution in [0.3, 0.4) is 0 Å². The maximum atomic E-state index is 13.0. The van der Waals surface area contributed by atoms with Crippen molar-refractivity contribution in [1.82, 2.24) is 4.90 Å². The summed E-state index contributed by atoms with van der Waals surface area (Å²) in [5.41, 5.74) is 4.27. The van der Waals surface area contributed by atoms with Crippen molar-refractivity contribution in [2.24, 2.45) is 0 Å². The van der Waals surface area contributed by atoms with E-state index >= 15 is 0 Å². The van der Waals surface area contributed by atoms with Gasteiger partial charge in [0, 0.05) is 15.7 Å². The first-order valence-electron chi connectivity index (χ1n) is 10.9. The average molecular weight is 551 g/mol. The number of rotatable bonds is 7. The maximum Gasteiger partial charge on any atom is 0.293 e. The molecule has 0 radical (unpaired) electrons. The number of anilines is 1. The number of benzene rings is 3. The molecule has 35 heavy (non-hydrogen) atoms. The number of halogens is 1. The number of para-hydroxylation sites is 1. The van der Waals surface area contributed by atoms with Crippen LogP contribution >= 0.6 is 27.7 Å². The van der Waals surface area contributed by atoms with Crippen molar-refractivity contribution < 1.29 is 19.1 Å². The molecule has 1 fully saturated rings. The molecule has 1 heterocycles. The lowest BCUT2D eigenvalue weighted by Crippen LogP contribution is -2.27. The molecule has 0 aromatic heterocycles. The zero-order chi connectivity index (χ0) is 24.9. The number of hydrogen-bond acceptors (Lipinski definition) is 5. The van der Waals surface area contributed by atoms with Crippen LogP contribution in [0.15, 0.2) is 76.1 Å². The predicted molar refractivity (Wildman–Crippen MR) is 142 cm³/mol. The van der Waals surface area contributed by atoms with Gasteiger partial charge in [-0.05, 0) is 61.0 Å². The summed E-state index contributed by atoms with van der Waals surface area (Å²) in [5.74, 6) is -0.209. The van der Waals surface area contributed by atoms with Crippen LogP contribution in [0.2, 0.25) is 0 Å². The van der Waals surface area contributed by atoms with E-state index in [1.165, 1.54) is 4.90 Å². The van der Waals surface area contributed by atoms with Crippen molar-refractivity contribution in [1.29, 1.82) is 0 Å². The van der Waals surface area contributed by atoms with E-state index in [1.807, 2.05) is 56.3 Å². The van der Waals surface area contributed by atoms with Crippen LogP contribution in [0.1, 0.15) is 22.3 Å². The third kappa shape index (κ3) is 6.01. The van der Waals surface area contributed by atoms with E-state index in [0.29, 0.717) is 16.2 Å². The summed E-state index contributed by atoms with van der Waals surface area (Å²) in [6.45, 7) is 3.91. The Labute approximate surface area is 216 Å². The minimum absolute atomic E-state index is 0.181. The first-order chi connectivity index (χ1) is 16.8. The molecule has 0 bridgehead atoms. The van der Waals surface area contributed by atoms with Crippen molar-refractivity contribution in [2.75, 3.05) is 11.9 Å². The molecule has 0 aliphatic carbocycles. The quantitative estimate of drug-likeness (QED) is 0.348. The highest BCUT2D eigenvalue weighted by Crippen LogP contribution is 2.35. The molecule has 0 atom stereocenters. The van der Waals surface area contributed by atoms with Gasteiger partial charge in [-0.2, -0.15) is 0 Å². The van der Waals surface area contributed by atoms with E-state index in [4.69, 9.17) is 4.74 Å². The van der Waals surface area contributed by atoms with E-state index < -0.39 is 0 Å². The summed E-state index contributed by atoms with van der Waals surface area (Å²) in [4.78, 5) is 39.5. The SMILES string of the molecule is Cc1ccc(NC(=O)COc2ccccc2/C=C2\SC(=O)N(Cc3ccccc3Br)C2=O)c(C)c1. The lowest BCUT2D eigenvalue weighted by molar-refractivity contribution is -0.123. The second kappa shape index (κ2) is 10.9. The summed E-state index contributed by atoms with van der Waals surface area (Å²) >= 11 is 4.35. The maximum absolute atomic E-state index is 13.0. The van der Waals surface area contributed by atoms with Gasteiger partial charge in [0.1, 0.15) is 5.75 Å². The normalized spacial score (nSPS) is 14.5. The minimum Gasteiger partial charge on any atom is -0.483 e. The van der Waals surface area contributed by atoms with Gasteiger partial charge in [-0.25, -0.2) is 0 Å². The summed E-state index contributed by atoms with van der Waals surface area (Å²) in [7, 11) is 0. The third-order valence-electron chi connectivity index (χ3n) is 5.38. The Hall–Kier alpha value is -3.36. The molecule has 1 aliphatic heterocycles. The van der Waals surface area contributed by atoms with Crippen LogP contribution in [-0.4, -0.2) is 28.6 Å². The van der Waals surface area contributed by atoms with E-state index in [9.17, 15) is 14.4 Å². The summed E-state index contributed by atoms with van der Waals surface area (Å²) in [6, 6.07) is 20.3. The first kappa shape index (κ1) is 24.8. The highest BCUT2D eigenvalue weighted by molar-refractivity contribution is 9.10. The zero-order valence-electron chi connectivity index (χ0n) is 19.2. The lowest BCUT2D eigenvalue weighted by atomic mass is 10.1. The zero-order valence-corrected chi connectivity index (χ0v) is 21.6.